The fraction of sp³-hybridized carbons (Fsp3) is 0. The predicted molar refractivity (Wildman–Crippen MR) is 66.5 cm³/mol. The lowest BCUT2D eigenvalue weighted by molar-refractivity contribution is -0.384. The third-order valence-electron chi connectivity index (χ3n) is 2.38. The van der Waals surface area contributed by atoms with E-state index in [2.05, 4.69) is 4.98 Å². The van der Waals surface area contributed by atoms with Gasteiger partial charge in [-0.05, 0) is 12.1 Å². The molecule has 20 heavy (non-hydrogen) atoms. The lowest BCUT2D eigenvalue weighted by atomic mass is 10.2. The second-order valence-electron chi connectivity index (χ2n) is 3.64. The van der Waals surface area contributed by atoms with Gasteiger partial charge in [0, 0.05) is 12.1 Å². The van der Waals surface area contributed by atoms with Gasteiger partial charge in [0.2, 0.25) is 11.7 Å². The molecule has 0 fully saturated rings. The second-order valence-corrected chi connectivity index (χ2v) is 3.64. The van der Waals surface area contributed by atoms with Crippen LogP contribution in [0.4, 0.5) is 15.9 Å². The number of pyridine rings is 1. The second kappa shape index (κ2) is 5.19. The van der Waals surface area contributed by atoms with Crippen LogP contribution in [0, 0.1) is 27.3 Å². The summed E-state index contributed by atoms with van der Waals surface area (Å²) in [4.78, 5) is 13.6. The van der Waals surface area contributed by atoms with E-state index >= 15 is 0 Å². The Labute approximate surface area is 112 Å². The van der Waals surface area contributed by atoms with Gasteiger partial charge in [0.05, 0.1) is 4.92 Å². The number of nitrogens with two attached hydrogens (primary N) is 1. The molecule has 2 aromatic rings. The van der Waals surface area contributed by atoms with E-state index in [4.69, 9.17) is 15.7 Å². The number of halogens is 1. The van der Waals surface area contributed by atoms with Crippen LogP contribution in [0.1, 0.15) is 5.56 Å². The Morgan fingerprint density at radius 3 is 2.75 bits per heavy atom. The summed E-state index contributed by atoms with van der Waals surface area (Å²) in [5.41, 5.74) is 4.75. The molecule has 1 heterocycles. The Bertz CT molecular complexity index is 727. The maximum absolute atomic E-state index is 13.4. The molecule has 0 atom stereocenters. The Morgan fingerprint density at radius 2 is 2.15 bits per heavy atom. The number of hydrogen-bond donors (Lipinski definition) is 1. The van der Waals surface area contributed by atoms with E-state index in [-0.39, 0.29) is 28.7 Å². The van der Waals surface area contributed by atoms with Crippen LogP contribution in [0.25, 0.3) is 0 Å². The summed E-state index contributed by atoms with van der Waals surface area (Å²) in [5.74, 6) is -1.19. The molecule has 0 aliphatic heterocycles. The van der Waals surface area contributed by atoms with E-state index in [1.165, 1.54) is 18.2 Å². The Balaban J connectivity index is 2.37. The van der Waals surface area contributed by atoms with E-state index in [1.807, 2.05) is 0 Å². The van der Waals surface area contributed by atoms with Crippen LogP contribution < -0.4 is 10.5 Å². The number of aromatic nitrogens is 1. The predicted octanol–water partition coefficient (Wildman–Crippen LogP) is 2.38. The molecule has 0 aliphatic carbocycles. The smallest absolute Gasteiger partial charge is 0.311 e. The number of rotatable bonds is 3. The summed E-state index contributed by atoms with van der Waals surface area (Å²) >= 11 is 0. The van der Waals surface area contributed by atoms with Gasteiger partial charge in [0.1, 0.15) is 23.2 Å². The first-order valence-electron chi connectivity index (χ1n) is 5.30. The molecule has 0 unspecified atom stereocenters. The standard InChI is InChI=1S/C12H7FN4O3/c13-8-2-1-3-10(7(8)6-14)20-11-5-4-9(17(18)19)12(15)16-11/h1-5H,(H2,15,16). The minimum atomic E-state index is -0.736. The van der Waals surface area contributed by atoms with E-state index in [0.717, 1.165) is 12.1 Å². The van der Waals surface area contributed by atoms with Gasteiger partial charge >= 0.3 is 5.69 Å². The number of nitrogens with zero attached hydrogens (tertiary/aromatic N) is 3. The number of nitro groups is 1. The number of hydrogen-bond acceptors (Lipinski definition) is 6. The molecule has 8 heteroatoms. The molecule has 0 amide bonds. The average molecular weight is 274 g/mol. The largest absolute Gasteiger partial charge is 0.437 e. The fourth-order valence-electron chi connectivity index (χ4n) is 1.47. The molecule has 0 spiro atoms. The molecule has 7 nitrogen and oxygen atoms in total. The monoisotopic (exact) mass is 274 g/mol. The van der Waals surface area contributed by atoms with Gasteiger partial charge in [-0.15, -0.1) is 0 Å². The maximum Gasteiger partial charge on any atom is 0.311 e. The van der Waals surface area contributed by atoms with Crippen LogP contribution in [0.2, 0.25) is 0 Å². The van der Waals surface area contributed by atoms with Crippen LogP contribution >= 0.6 is 0 Å². The zero-order valence-corrected chi connectivity index (χ0v) is 9.91. The van der Waals surface area contributed by atoms with E-state index in [9.17, 15) is 14.5 Å². The molecular formula is C12H7FN4O3. The van der Waals surface area contributed by atoms with Crippen molar-refractivity contribution in [1.82, 2.24) is 4.98 Å². The van der Waals surface area contributed by atoms with Crippen molar-refractivity contribution in [3.8, 4) is 17.7 Å². The van der Waals surface area contributed by atoms with E-state index in [1.54, 1.807) is 6.07 Å². The molecular weight excluding hydrogens is 267 g/mol. The van der Waals surface area contributed by atoms with Gasteiger partial charge in [0.25, 0.3) is 0 Å². The summed E-state index contributed by atoms with van der Waals surface area (Å²) < 4.78 is 18.6. The molecule has 0 radical (unpaired) electrons. The summed E-state index contributed by atoms with van der Waals surface area (Å²) in [6.07, 6.45) is 0. The number of nitrogen functional groups attached to an aromatic ring is 1. The lowest BCUT2D eigenvalue weighted by Crippen LogP contribution is -2.00. The zero-order valence-electron chi connectivity index (χ0n) is 9.91. The van der Waals surface area contributed by atoms with Crippen molar-refractivity contribution in [1.29, 1.82) is 5.26 Å². The molecule has 100 valence electrons. The van der Waals surface area contributed by atoms with Gasteiger partial charge in [-0.25, -0.2) is 4.39 Å². The Hall–Kier alpha value is -3.21. The minimum Gasteiger partial charge on any atom is -0.437 e. The summed E-state index contributed by atoms with van der Waals surface area (Å²) in [7, 11) is 0. The van der Waals surface area contributed by atoms with Crippen LogP contribution in [0.5, 0.6) is 11.6 Å². The maximum atomic E-state index is 13.4. The first-order valence-corrected chi connectivity index (χ1v) is 5.30. The molecule has 0 saturated carbocycles. The highest BCUT2D eigenvalue weighted by molar-refractivity contribution is 5.54. The first-order chi connectivity index (χ1) is 9.52. The average Bonchev–Trinajstić information content (AvgIpc) is 2.38. The van der Waals surface area contributed by atoms with Gasteiger partial charge in [-0.3, -0.25) is 10.1 Å². The van der Waals surface area contributed by atoms with Gasteiger partial charge in [-0.1, -0.05) is 6.07 Å². The quantitative estimate of drug-likeness (QED) is 0.678. The van der Waals surface area contributed by atoms with Crippen molar-refractivity contribution in [2.24, 2.45) is 0 Å². The third-order valence-corrected chi connectivity index (χ3v) is 2.38. The molecule has 1 aromatic heterocycles. The number of anilines is 1. The van der Waals surface area contributed by atoms with Crippen molar-refractivity contribution in [2.45, 2.75) is 0 Å². The highest BCUT2D eigenvalue weighted by Gasteiger charge is 2.15. The topological polar surface area (TPSA) is 115 Å². The normalized spacial score (nSPS) is 9.80. The number of nitriles is 1. The van der Waals surface area contributed by atoms with Crippen molar-refractivity contribution >= 4 is 11.5 Å². The van der Waals surface area contributed by atoms with Crippen LogP contribution in [0.3, 0.4) is 0 Å². The molecule has 2 rings (SSSR count). The lowest BCUT2D eigenvalue weighted by Gasteiger charge is -2.07. The van der Waals surface area contributed by atoms with E-state index < -0.39 is 10.7 Å². The van der Waals surface area contributed by atoms with Crippen LogP contribution in [-0.4, -0.2) is 9.91 Å². The van der Waals surface area contributed by atoms with Gasteiger partial charge in [-0.2, -0.15) is 10.2 Å². The fourth-order valence-corrected chi connectivity index (χ4v) is 1.47. The Morgan fingerprint density at radius 1 is 1.40 bits per heavy atom. The zero-order chi connectivity index (χ0) is 14.7. The number of ether oxygens (including phenoxy) is 1. The molecule has 0 saturated heterocycles. The summed E-state index contributed by atoms with van der Waals surface area (Å²) in [5, 5.41) is 19.4. The summed E-state index contributed by atoms with van der Waals surface area (Å²) in [6, 6.07) is 7.84. The first kappa shape index (κ1) is 13.2. The molecule has 2 N–H and O–H groups in total. The Kier molecular flexibility index (Phi) is 3.43. The van der Waals surface area contributed by atoms with Crippen molar-refractivity contribution in [3.05, 3.63) is 51.8 Å². The molecule has 0 aliphatic rings. The SMILES string of the molecule is N#Cc1c(F)cccc1Oc1ccc([N+](=O)[O-])c(N)n1. The van der Waals surface area contributed by atoms with Crippen molar-refractivity contribution in [2.75, 3.05) is 5.73 Å². The molecule has 1 aromatic carbocycles. The minimum absolute atomic E-state index is 0.0479. The van der Waals surface area contributed by atoms with Crippen LogP contribution in [0.15, 0.2) is 30.3 Å². The third kappa shape index (κ3) is 2.46. The van der Waals surface area contributed by atoms with E-state index in [0.29, 0.717) is 0 Å². The summed E-state index contributed by atoms with van der Waals surface area (Å²) in [6.45, 7) is 0. The van der Waals surface area contributed by atoms with Gasteiger partial charge < -0.3 is 10.5 Å². The molecule has 0 bridgehead atoms. The van der Waals surface area contributed by atoms with Gasteiger partial charge in [0.15, 0.2) is 0 Å². The van der Waals surface area contributed by atoms with Crippen LogP contribution in [-0.2, 0) is 0 Å². The number of benzene rings is 1. The highest BCUT2D eigenvalue weighted by atomic mass is 19.1. The van der Waals surface area contributed by atoms with Crippen molar-refractivity contribution < 1.29 is 14.1 Å². The van der Waals surface area contributed by atoms with Crippen molar-refractivity contribution in [3.63, 3.8) is 0 Å². The highest BCUT2D eigenvalue weighted by Crippen LogP contribution is 2.28.